The zero-order valence-electron chi connectivity index (χ0n) is 5.59. The van der Waals surface area contributed by atoms with Crippen LogP contribution in [-0.2, 0) is 9.47 Å². The van der Waals surface area contributed by atoms with Crippen LogP contribution in [0.2, 0.25) is 0 Å². The summed E-state index contributed by atoms with van der Waals surface area (Å²) in [6.45, 7) is 4.79. The van der Waals surface area contributed by atoms with Crippen LogP contribution in [0.15, 0.2) is 0 Å². The van der Waals surface area contributed by atoms with Gasteiger partial charge in [-0.15, -0.1) is 0 Å². The molecule has 52 valence electrons. The first kappa shape index (κ1) is 6.81. The molecule has 9 heavy (non-hydrogen) atoms. The molecule has 0 radical (unpaired) electrons. The highest BCUT2D eigenvalue weighted by molar-refractivity contribution is 7.79. The normalized spacial score (nSPS) is 26.1. The van der Waals surface area contributed by atoms with E-state index < -0.39 is 0 Å². The molecule has 1 unspecified atom stereocenters. The molecule has 1 aliphatic heterocycles. The molecule has 3 heteroatoms. The maximum absolute atomic E-state index is 5.13. The lowest BCUT2D eigenvalue weighted by atomic mass is 10.1. The summed E-state index contributed by atoms with van der Waals surface area (Å²) in [5, 5.41) is 0.300. The van der Waals surface area contributed by atoms with E-state index in [1.54, 1.807) is 0 Å². The van der Waals surface area contributed by atoms with Gasteiger partial charge in [0.05, 0.1) is 0 Å². The van der Waals surface area contributed by atoms with Crippen molar-refractivity contribution in [2.24, 2.45) is 5.92 Å². The average Bonchev–Trinajstić information content (AvgIpc) is 2.14. The summed E-state index contributed by atoms with van der Waals surface area (Å²) in [6.07, 6.45) is 0.178. The predicted octanol–water partition coefficient (Wildman–Crippen LogP) is 1.34. The molecule has 0 bridgehead atoms. The Kier molecular flexibility index (Phi) is 1.90. The van der Waals surface area contributed by atoms with Gasteiger partial charge in [-0.2, -0.15) is 0 Å². The molecule has 1 rings (SSSR count). The van der Waals surface area contributed by atoms with Gasteiger partial charge in [-0.1, -0.05) is 13.8 Å². The Hall–Kier alpha value is -0.310. The van der Waals surface area contributed by atoms with Crippen molar-refractivity contribution in [3.05, 3.63) is 0 Å². The minimum atomic E-state index is 0.178. The van der Waals surface area contributed by atoms with Crippen molar-refractivity contribution in [1.29, 1.82) is 0 Å². The highest BCUT2D eigenvalue weighted by Crippen LogP contribution is 2.14. The maximum Gasteiger partial charge on any atom is 0.352 e. The molecule has 1 saturated heterocycles. The van der Waals surface area contributed by atoms with Gasteiger partial charge in [0.25, 0.3) is 0 Å². The zero-order valence-corrected chi connectivity index (χ0v) is 6.40. The van der Waals surface area contributed by atoms with E-state index in [0.29, 0.717) is 17.8 Å². The monoisotopic (exact) mass is 146 g/mol. The Labute approximate surface area is 60.1 Å². The summed E-state index contributed by atoms with van der Waals surface area (Å²) in [6, 6.07) is 0. The van der Waals surface area contributed by atoms with E-state index >= 15 is 0 Å². The van der Waals surface area contributed by atoms with Gasteiger partial charge in [-0.25, -0.2) is 0 Å². The van der Waals surface area contributed by atoms with E-state index in [1.165, 1.54) is 0 Å². The fourth-order valence-electron chi connectivity index (χ4n) is 0.670. The largest absolute Gasteiger partial charge is 0.453 e. The van der Waals surface area contributed by atoms with Crippen LogP contribution < -0.4 is 0 Å². The second-order valence-electron chi connectivity index (χ2n) is 2.46. The van der Waals surface area contributed by atoms with Gasteiger partial charge < -0.3 is 9.47 Å². The molecule has 1 aliphatic rings. The molecule has 0 aromatic heterocycles. The van der Waals surface area contributed by atoms with Crippen LogP contribution >= 0.6 is 12.2 Å². The van der Waals surface area contributed by atoms with Gasteiger partial charge in [0, 0.05) is 12.2 Å². The Morgan fingerprint density at radius 1 is 1.67 bits per heavy atom. The molecule has 0 amide bonds. The first-order valence-electron chi connectivity index (χ1n) is 3.03. The molecule has 1 heterocycles. The minimum Gasteiger partial charge on any atom is -0.453 e. The van der Waals surface area contributed by atoms with Gasteiger partial charge in [-0.05, 0) is 5.92 Å². The van der Waals surface area contributed by atoms with Gasteiger partial charge in [0.1, 0.15) is 12.7 Å². The molecule has 0 aliphatic carbocycles. The van der Waals surface area contributed by atoms with Crippen LogP contribution in [0.4, 0.5) is 0 Å². The van der Waals surface area contributed by atoms with E-state index in [-0.39, 0.29) is 6.10 Å². The molecule has 0 spiro atoms. The van der Waals surface area contributed by atoms with E-state index in [9.17, 15) is 0 Å². The van der Waals surface area contributed by atoms with Gasteiger partial charge in [-0.3, -0.25) is 0 Å². The fraction of sp³-hybridized carbons (Fsp3) is 0.833. The predicted molar refractivity (Wildman–Crippen MR) is 38.3 cm³/mol. The Morgan fingerprint density at radius 2 is 2.33 bits per heavy atom. The number of rotatable bonds is 1. The molecular weight excluding hydrogens is 136 g/mol. The molecule has 0 saturated carbocycles. The third-order valence-electron chi connectivity index (χ3n) is 1.36. The van der Waals surface area contributed by atoms with E-state index in [4.69, 9.17) is 9.47 Å². The van der Waals surface area contributed by atoms with E-state index in [0.717, 1.165) is 0 Å². The molecule has 2 nitrogen and oxygen atoms in total. The average molecular weight is 146 g/mol. The van der Waals surface area contributed by atoms with Crippen LogP contribution in [0.25, 0.3) is 0 Å². The zero-order chi connectivity index (χ0) is 6.85. The minimum absolute atomic E-state index is 0.178. The second-order valence-corrected chi connectivity index (χ2v) is 2.79. The lowest BCUT2D eigenvalue weighted by Crippen LogP contribution is -2.16. The van der Waals surface area contributed by atoms with E-state index in [1.807, 2.05) is 0 Å². The standard InChI is InChI=1S/C6H10O2S/c1-4(2)5-3-7-6(9)8-5/h4-5H,3H2,1-2H3. The van der Waals surface area contributed by atoms with E-state index in [2.05, 4.69) is 26.1 Å². The van der Waals surface area contributed by atoms with Gasteiger partial charge in [0.15, 0.2) is 0 Å². The Morgan fingerprint density at radius 3 is 2.56 bits per heavy atom. The number of hydrogen-bond donors (Lipinski definition) is 0. The molecule has 0 aromatic carbocycles. The lowest BCUT2D eigenvalue weighted by Gasteiger charge is -2.08. The van der Waals surface area contributed by atoms with Crippen molar-refractivity contribution in [3.63, 3.8) is 0 Å². The Balaban J connectivity index is 2.39. The summed E-state index contributed by atoms with van der Waals surface area (Å²) in [7, 11) is 0. The van der Waals surface area contributed by atoms with Crippen molar-refractivity contribution < 1.29 is 9.47 Å². The van der Waals surface area contributed by atoms with Gasteiger partial charge in [0.2, 0.25) is 0 Å². The second kappa shape index (κ2) is 2.52. The van der Waals surface area contributed by atoms with Crippen molar-refractivity contribution >= 4 is 17.5 Å². The van der Waals surface area contributed by atoms with Crippen molar-refractivity contribution in [1.82, 2.24) is 0 Å². The maximum atomic E-state index is 5.13. The summed E-state index contributed by atoms with van der Waals surface area (Å²) in [4.78, 5) is 0. The third-order valence-corrected chi connectivity index (χ3v) is 1.57. The Bertz CT molecular complexity index is 122. The first-order valence-corrected chi connectivity index (χ1v) is 3.44. The number of hydrogen-bond acceptors (Lipinski definition) is 3. The molecule has 0 aromatic rings. The fourth-order valence-corrected chi connectivity index (χ4v) is 0.862. The molecule has 1 fully saturated rings. The summed E-state index contributed by atoms with van der Waals surface area (Å²) < 4.78 is 10.1. The van der Waals surface area contributed by atoms with Crippen LogP contribution in [0, 0.1) is 5.92 Å². The quantitative estimate of drug-likeness (QED) is 0.520. The molecule has 0 N–H and O–H groups in total. The van der Waals surface area contributed by atoms with Crippen LogP contribution in [0.1, 0.15) is 13.8 Å². The molecule has 1 atom stereocenters. The van der Waals surface area contributed by atoms with Gasteiger partial charge >= 0.3 is 5.24 Å². The molecular formula is C6H10O2S. The van der Waals surface area contributed by atoms with Crippen LogP contribution in [0.3, 0.4) is 0 Å². The number of thiocarbonyl (C=S) groups is 1. The van der Waals surface area contributed by atoms with Crippen molar-refractivity contribution in [2.45, 2.75) is 20.0 Å². The highest BCUT2D eigenvalue weighted by atomic mass is 32.1. The number of ether oxygens (including phenoxy) is 2. The van der Waals surface area contributed by atoms with Crippen LogP contribution in [0.5, 0.6) is 0 Å². The smallest absolute Gasteiger partial charge is 0.352 e. The topological polar surface area (TPSA) is 18.5 Å². The lowest BCUT2D eigenvalue weighted by molar-refractivity contribution is 0.174. The first-order chi connectivity index (χ1) is 4.20. The van der Waals surface area contributed by atoms with Crippen LogP contribution in [-0.4, -0.2) is 17.9 Å². The summed E-state index contributed by atoms with van der Waals surface area (Å²) in [5.41, 5.74) is 0. The third kappa shape index (κ3) is 1.55. The van der Waals surface area contributed by atoms with Crippen molar-refractivity contribution in [3.8, 4) is 0 Å². The highest BCUT2D eigenvalue weighted by Gasteiger charge is 2.24. The SMILES string of the molecule is CC(C)C1COC(=S)O1. The summed E-state index contributed by atoms with van der Waals surface area (Å²) >= 11 is 4.67. The summed E-state index contributed by atoms with van der Waals surface area (Å²) in [5.74, 6) is 0.491. The van der Waals surface area contributed by atoms with Crippen molar-refractivity contribution in [2.75, 3.05) is 6.61 Å².